The highest BCUT2D eigenvalue weighted by molar-refractivity contribution is 7.26. The van der Waals surface area contributed by atoms with Crippen molar-refractivity contribution in [2.75, 3.05) is 4.90 Å². The molecule has 0 saturated heterocycles. The fraction of sp³-hybridized carbons (Fsp3) is 0. The Morgan fingerprint density at radius 2 is 0.868 bits per heavy atom. The van der Waals surface area contributed by atoms with Gasteiger partial charge in [-0.05, 0) is 98.8 Å². The molecule has 0 atom stereocenters. The molecule has 3 aromatic heterocycles. The summed E-state index contributed by atoms with van der Waals surface area (Å²) in [6.45, 7) is 0. The van der Waals surface area contributed by atoms with Crippen LogP contribution < -0.4 is 4.90 Å². The lowest BCUT2D eigenvalue weighted by Gasteiger charge is -2.29. The van der Waals surface area contributed by atoms with Gasteiger partial charge in [-0.15, -0.1) is 11.3 Å². The number of benzene rings is 11. The molecule has 3 nitrogen and oxygen atoms in total. The summed E-state index contributed by atoms with van der Waals surface area (Å²) in [5.74, 6) is 0. The molecule has 318 valence electrons. The van der Waals surface area contributed by atoms with Crippen molar-refractivity contribution in [3.8, 4) is 44.5 Å². The number of thiophene rings is 1. The van der Waals surface area contributed by atoms with Crippen molar-refractivity contribution in [1.29, 1.82) is 0 Å². The first kappa shape index (κ1) is 38.6. The summed E-state index contributed by atoms with van der Waals surface area (Å²) in [6, 6.07) is 85.2. The Balaban J connectivity index is 0.999. The zero-order valence-corrected chi connectivity index (χ0v) is 37.5. The van der Waals surface area contributed by atoms with Gasteiger partial charge in [-0.2, -0.15) is 0 Å². The normalized spacial score (nSPS) is 11.8. The van der Waals surface area contributed by atoms with E-state index in [2.05, 4.69) is 229 Å². The Hall–Kier alpha value is -8.70. The molecule has 11 aromatic carbocycles. The van der Waals surface area contributed by atoms with Crippen molar-refractivity contribution < 1.29 is 8.83 Å². The van der Waals surface area contributed by atoms with E-state index < -0.39 is 0 Å². The molecule has 4 heteroatoms. The smallest absolute Gasteiger partial charge is 0.143 e. The van der Waals surface area contributed by atoms with Crippen molar-refractivity contribution >= 4 is 103 Å². The average molecular weight is 886 g/mol. The summed E-state index contributed by atoms with van der Waals surface area (Å²) in [5.41, 5.74) is 15.7. The third-order valence-electron chi connectivity index (χ3n) is 13.7. The fourth-order valence-corrected chi connectivity index (χ4v) is 11.7. The quantitative estimate of drug-likeness (QED) is 0.160. The standard InChI is InChI=1S/C64H39NO2S/c1-2-12-40(13-3-1)41-28-33-46(34-29-41)65(47-35-30-44(31-36-47)50-18-10-20-54-52-16-6-8-22-56(52)67-63(50)54)62-49(37-39-58-61(62)60-48-15-5-4-14-42(48)32-38-57(60)66-58)43-24-26-45(27-25-43)51-19-11-21-55-53-17-7-9-23-59(53)68-64(51)55/h1-39H. The molecule has 0 aliphatic heterocycles. The highest BCUT2D eigenvalue weighted by Gasteiger charge is 2.26. The molecule has 3 heterocycles. The third-order valence-corrected chi connectivity index (χ3v) is 14.9. The van der Waals surface area contributed by atoms with Crippen molar-refractivity contribution in [3.63, 3.8) is 0 Å². The van der Waals surface area contributed by atoms with E-state index in [0.717, 1.165) is 94.1 Å². The van der Waals surface area contributed by atoms with E-state index in [9.17, 15) is 0 Å². The van der Waals surface area contributed by atoms with Gasteiger partial charge in [-0.25, -0.2) is 0 Å². The van der Waals surface area contributed by atoms with Crippen molar-refractivity contribution in [1.82, 2.24) is 0 Å². The van der Waals surface area contributed by atoms with Gasteiger partial charge >= 0.3 is 0 Å². The Morgan fingerprint density at radius 3 is 1.66 bits per heavy atom. The maximum atomic E-state index is 6.84. The molecule has 0 aliphatic rings. The average Bonchev–Trinajstić information content (AvgIpc) is 4.12. The van der Waals surface area contributed by atoms with Crippen molar-refractivity contribution in [2.45, 2.75) is 0 Å². The first-order chi connectivity index (χ1) is 33.7. The number of para-hydroxylation sites is 2. The summed E-state index contributed by atoms with van der Waals surface area (Å²) < 4.78 is 16.0. The zero-order chi connectivity index (χ0) is 44.7. The molecule has 14 aromatic rings. The Kier molecular flexibility index (Phi) is 8.76. The van der Waals surface area contributed by atoms with Crippen LogP contribution in [0.3, 0.4) is 0 Å². The van der Waals surface area contributed by atoms with Gasteiger partial charge in [0.25, 0.3) is 0 Å². The van der Waals surface area contributed by atoms with Gasteiger partial charge in [0.1, 0.15) is 22.3 Å². The van der Waals surface area contributed by atoms with Gasteiger partial charge < -0.3 is 13.7 Å². The molecule has 68 heavy (non-hydrogen) atoms. The molecule has 0 spiro atoms. The van der Waals surface area contributed by atoms with Crippen LogP contribution in [-0.2, 0) is 0 Å². The van der Waals surface area contributed by atoms with E-state index in [4.69, 9.17) is 8.83 Å². The molecule has 0 N–H and O–H groups in total. The lowest BCUT2D eigenvalue weighted by atomic mass is 9.94. The number of rotatable bonds is 7. The Bertz CT molecular complexity index is 4240. The van der Waals surface area contributed by atoms with Gasteiger partial charge in [0.2, 0.25) is 0 Å². The summed E-state index contributed by atoms with van der Waals surface area (Å²) in [6.07, 6.45) is 0. The highest BCUT2D eigenvalue weighted by Crippen LogP contribution is 2.51. The molecule has 0 aliphatic carbocycles. The van der Waals surface area contributed by atoms with Crippen LogP contribution in [-0.4, -0.2) is 0 Å². The number of anilines is 3. The fourth-order valence-electron chi connectivity index (χ4n) is 10.5. The number of hydrogen-bond donors (Lipinski definition) is 0. The van der Waals surface area contributed by atoms with Gasteiger partial charge in [-0.3, -0.25) is 0 Å². The molecule has 0 fully saturated rings. The minimum absolute atomic E-state index is 0.835. The van der Waals surface area contributed by atoms with Crippen LogP contribution in [0.15, 0.2) is 245 Å². The maximum Gasteiger partial charge on any atom is 0.143 e. The number of furan rings is 2. The molecular weight excluding hydrogens is 847 g/mol. The second kappa shape index (κ2) is 15.5. The van der Waals surface area contributed by atoms with Gasteiger partial charge in [0.05, 0.1) is 11.1 Å². The van der Waals surface area contributed by atoms with E-state index in [1.165, 1.54) is 42.2 Å². The van der Waals surface area contributed by atoms with Crippen LogP contribution in [0.1, 0.15) is 0 Å². The summed E-state index contributed by atoms with van der Waals surface area (Å²) in [4.78, 5) is 2.43. The van der Waals surface area contributed by atoms with Crippen molar-refractivity contribution in [3.05, 3.63) is 237 Å². The Morgan fingerprint density at radius 1 is 0.309 bits per heavy atom. The summed E-state index contributed by atoms with van der Waals surface area (Å²) in [5, 5.41) is 9.33. The first-order valence-electron chi connectivity index (χ1n) is 23.1. The van der Waals surface area contributed by atoms with Crippen LogP contribution in [0.5, 0.6) is 0 Å². The minimum Gasteiger partial charge on any atom is -0.456 e. The third kappa shape index (κ3) is 6.12. The van der Waals surface area contributed by atoms with Crippen LogP contribution in [0.2, 0.25) is 0 Å². The largest absolute Gasteiger partial charge is 0.456 e. The highest BCUT2D eigenvalue weighted by atomic mass is 32.1. The first-order valence-corrected chi connectivity index (χ1v) is 23.9. The molecular formula is C64H39NO2S. The van der Waals surface area contributed by atoms with Crippen LogP contribution >= 0.6 is 11.3 Å². The Labute approximate surface area is 396 Å². The lowest BCUT2D eigenvalue weighted by Crippen LogP contribution is -2.12. The van der Waals surface area contributed by atoms with Gasteiger partial charge in [0.15, 0.2) is 0 Å². The topological polar surface area (TPSA) is 29.5 Å². The number of hydrogen-bond acceptors (Lipinski definition) is 4. The number of fused-ring (bicyclic) bond motifs is 11. The monoisotopic (exact) mass is 885 g/mol. The van der Waals surface area contributed by atoms with Crippen LogP contribution in [0, 0.1) is 0 Å². The minimum atomic E-state index is 0.835. The van der Waals surface area contributed by atoms with E-state index in [-0.39, 0.29) is 0 Å². The van der Waals surface area contributed by atoms with Crippen LogP contribution in [0.4, 0.5) is 17.1 Å². The molecule has 0 saturated carbocycles. The van der Waals surface area contributed by atoms with E-state index in [1.54, 1.807) is 0 Å². The second-order valence-electron chi connectivity index (χ2n) is 17.5. The summed E-state index contributed by atoms with van der Waals surface area (Å²) >= 11 is 1.87. The predicted molar refractivity (Wildman–Crippen MR) is 288 cm³/mol. The lowest BCUT2D eigenvalue weighted by molar-refractivity contribution is 0.669. The van der Waals surface area contributed by atoms with Crippen molar-refractivity contribution in [2.24, 2.45) is 0 Å². The molecule has 14 rings (SSSR count). The second-order valence-corrected chi connectivity index (χ2v) is 18.6. The van der Waals surface area contributed by atoms with Crippen LogP contribution in [0.25, 0.3) is 119 Å². The number of nitrogens with zero attached hydrogens (tertiary/aromatic N) is 1. The predicted octanol–water partition coefficient (Wildman–Crippen LogP) is 19.1. The molecule has 0 unspecified atom stereocenters. The zero-order valence-electron chi connectivity index (χ0n) is 36.7. The van der Waals surface area contributed by atoms with E-state index >= 15 is 0 Å². The SMILES string of the molecule is c1ccc(-c2ccc(N(c3ccc(-c4cccc5c4oc4ccccc45)cc3)c3c(-c4ccc(-c5cccc6c5sc5ccccc56)cc4)ccc4oc5ccc6ccccc6c5c34)cc2)cc1. The molecule has 0 bridgehead atoms. The maximum absolute atomic E-state index is 6.84. The van der Waals surface area contributed by atoms with E-state index in [1.807, 2.05) is 23.5 Å². The summed E-state index contributed by atoms with van der Waals surface area (Å²) in [7, 11) is 0. The van der Waals surface area contributed by atoms with Gasteiger partial charge in [0, 0.05) is 58.8 Å². The van der Waals surface area contributed by atoms with Gasteiger partial charge in [-0.1, -0.05) is 182 Å². The molecule has 0 amide bonds. The van der Waals surface area contributed by atoms with E-state index in [0.29, 0.717) is 0 Å². The molecule has 0 radical (unpaired) electrons.